The number of nitrogens with one attached hydrogen (secondary N) is 1. The first-order valence-corrected chi connectivity index (χ1v) is 11.2. The summed E-state index contributed by atoms with van der Waals surface area (Å²) in [5.74, 6) is -2.64. The van der Waals surface area contributed by atoms with Crippen molar-refractivity contribution in [1.29, 1.82) is 0 Å². The Hall–Kier alpha value is -3.41. The van der Waals surface area contributed by atoms with Crippen molar-refractivity contribution in [1.82, 2.24) is 9.88 Å². The second-order valence-corrected chi connectivity index (χ2v) is 8.51. The number of aliphatic hydroxyl groups is 1. The number of aliphatic hydroxyl groups excluding tert-OH is 1. The highest BCUT2D eigenvalue weighted by Crippen LogP contribution is 2.42. The van der Waals surface area contributed by atoms with Crippen LogP contribution in [0.4, 0.5) is 25.8 Å². The van der Waals surface area contributed by atoms with Crippen molar-refractivity contribution in [3.05, 3.63) is 56.3 Å². The molecule has 3 aromatic rings. The van der Waals surface area contributed by atoms with Crippen LogP contribution in [0.15, 0.2) is 23.1 Å². The number of hydrogen-bond acceptors (Lipinski definition) is 8. The summed E-state index contributed by atoms with van der Waals surface area (Å²) in [7, 11) is 1.78. The van der Waals surface area contributed by atoms with Crippen LogP contribution in [-0.4, -0.2) is 48.4 Å². The summed E-state index contributed by atoms with van der Waals surface area (Å²) in [5, 5.41) is 12.5. The van der Waals surface area contributed by atoms with E-state index in [9.17, 15) is 19.1 Å². The molecular weight excluding hydrogens is 484 g/mol. The quantitative estimate of drug-likeness (QED) is 0.294. The number of halogens is 3. The number of nitrogens with zero attached hydrogens (tertiary/aromatic N) is 2. The topological polar surface area (TPSA) is 136 Å². The fourth-order valence-corrected chi connectivity index (χ4v) is 4.55. The lowest BCUT2D eigenvalue weighted by Crippen LogP contribution is -2.57. The van der Waals surface area contributed by atoms with Crippen molar-refractivity contribution in [3.63, 3.8) is 0 Å². The third kappa shape index (κ3) is 3.95. The van der Waals surface area contributed by atoms with E-state index < -0.39 is 40.9 Å². The Balaban J connectivity index is 2.14. The molecule has 0 radical (unpaired) electrons. The van der Waals surface area contributed by atoms with E-state index >= 15 is 4.39 Å². The second kappa shape index (κ2) is 9.33. The number of likely N-dealkylation sites (N-methyl/N-ethyl adjacent to an activating group) is 1. The number of carbonyl (C=O) groups excluding carboxylic acids is 1. The lowest BCUT2D eigenvalue weighted by atomic mass is 10.0. The summed E-state index contributed by atoms with van der Waals surface area (Å²) >= 11 is 6.70. The van der Waals surface area contributed by atoms with Gasteiger partial charge in [-0.1, -0.05) is 11.6 Å². The molecule has 0 aliphatic carbocycles. The van der Waals surface area contributed by atoms with Gasteiger partial charge in [0.25, 0.3) is 0 Å². The average Bonchev–Trinajstić information content (AvgIpc) is 2.80. The van der Waals surface area contributed by atoms with Gasteiger partial charge in [0.15, 0.2) is 5.82 Å². The third-order valence-electron chi connectivity index (χ3n) is 6.07. The monoisotopic (exact) mass is 507 g/mol. The van der Waals surface area contributed by atoms with Crippen LogP contribution in [0.25, 0.3) is 16.6 Å². The van der Waals surface area contributed by atoms with E-state index in [2.05, 4.69) is 5.32 Å². The highest BCUT2D eigenvalue weighted by Gasteiger charge is 2.33. The van der Waals surface area contributed by atoms with Gasteiger partial charge in [0.2, 0.25) is 5.43 Å². The Morgan fingerprint density at radius 3 is 2.60 bits per heavy atom. The van der Waals surface area contributed by atoms with Crippen molar-refractivity contribution in [2.24, 2.45) is 0 Å². The number of pyridine rings is 1. The summed E-state index contributed by atoms with van der Waals surface area (Å²) in [4.78, 5) is 27.6. The molecule has 0 saturated carbocycles. The van der Waals surface area contributed by atoms with E-state index in [1.807, 2.05) is 0 Å². The zero-order chi connectivity index (χ0) is 25.6. The molecule has 0 amide bonds. The summed E-state index contributed by atoms with van der Waals surface area (Å²) in [6, 6.07) is 2.34. The van der Waals surface area contributed by atoms with E-state index in [4.69, 9.17) is 27.8 Å². The van der Waals surface area contributed by atoms with Gasteiger partial charge >= 0.3 is 5.97 Å². The van der Waals surface area contributed by atoms with Crippen molar-refractivity contribution < 1.29 is 23.4 Å². The normalized spacial score (nSPS) is 13.8. The summed E-state index contributed by atoms with van der Waals surface area (Å²) in [6.45, 7) is 1.81. The molecule has 2 aromatic carbocycles. The Kier molecular flexibility index (Phi) is 6.58. The lowest BCUT2D eigenvalue weighted by Gasteiger charge is -2.41. The van der Waals surface area contributed by atoms with Crippen molar-refractivity contribution in [2.45, 2.75) is 19.6 Å². The first kappa shape index (κ1) is 24.7. The molecule has 12 heteroatoms. The van der Waals surface area contributed by atoms with Gasteiger partial charge in [-0.3, -0.25) is 4.79 Å². The van der Waals surface area contributed by atoms with E-state index in [1.54, 1.807) is 18.9 Å². The molecule has 2 heterocycles. The first-order chi connectivity index (χ1) is 16.6. The van der Waals surface area contributed by atoms with Crippen LogP contribution in [0.2, 0.25) is 5.02 Å². The highest BCUT2D eigenvalue weighted by atomic mass is 35.5. The number of esters is 1. The largest absolute Gasteiger partial charge is 0.462 e. The summed E-state index contributed by atoms with van der Waals surface area (Å²) < 4.78 is 35.9. The van der Waals surface area contributed by atoms with E-state index in [0.717, 1.165) is 12.3 Å². The first-order valence-electron chi connectivity index (χ1n) is 10.8. The minimum atomic E-state index is -0.964. The fourth-order valence-electron chi connectivity index (χ4n) is 4.16. The number of fused-ring (bicyclic) bond motifs is 1. The molecule has 1 aromatic heterocycles. The molecule has 6 N–H and O–H groups in total. The Labute approximate surface area is 203 Å². The molecule has 1 aliphatic rings. The van der Waals surface area contributed by atoms with Crippen LogP contribution in [0.5, 0.6) is 0 Å². The standard InChI is InChI=1S/C23H24ClF2N5O4/c1-3-35-23(34)12-8-31(15-5-14(27)13(25)4-10(15)9-32)20-16(22(12)33)19(28)18(26)21(17(20)24)30-6-11(7-30)29-2/h4-5,8,11,29,32H,3,6-7,9,27-28H2,1-2H3. The summed E-state index contributed by atoms with van der Waals surface area (Å²) in [5.41, 5.74) is 9.98. The third-order valence-corrected chi connectivity index (χ3v) is 6.42. The maximum Gasteiger partial charge on any atom is 0.343 e. The average molecular weight is 508 g/mol. The van der Waals surface area contributed by atoms with E-state index in [0.29, 0.717) is 13.1 Å². The van der Waals surface area contributed by atoms with Crippen LogP contribution in [0.3, 0.4) is 0 Å². The molecule has 0 unspecified atom stereocenters. The lowest BCUT2D eigenvalue weighted by molar-refractivity contribution is 0.0524. The van der Waals surface area contributed by atoms with Crippen molar-refractivity contribution in [2.75, 3.05) is 43.1 Å². The predicted octanol–water partition coefficient (Wildman–Crippen LogP) is 2.16. The number of nitrogen functional groups attached to an aromatic ring is 2. The van der Waals surface area contributed by atoms with E-state index in [-0.39, 0.29) is 51.2 Å². The number of nitrogens with two attached hydrogens (primary N) is 2. The van der Waals surface area contributed by atoms with Crippen LogP contribution in [0.1, 0.15) is 22.8 Å². The number of anilines is 3. The predicted molar refractivity (Wildman–Crippen MR) is 130 cm³/mol. The van der Waals surface area contributed by atoms with Crippen molar-refractivity contribution >= 4 is 45.5 Å². The van der Waals surface area contributed by atoms with Crippen LogP contribution < -0.4 is 27.1 Å². The fraction of sp³-hybridized carbons (Fsp3) is 0.304. The van der Waals surface area contributed by atoms with Gasteiger partial charge in [-0.05, 0) is 26.1 Å². The molecular formula is C23H24ClF2N5O4. The van der Waals surface area contributed by atoms with Gasteiger partial charge in [0.05, 0.1) is 51.9 Å². The highest BCUT2D eigenvalue weighted by molar-refractivity contribution is 6.38. The van der Waals surface area contributed by atoms with Gasteiger partial charge in [-0.15, -0.1) is 0 Å². The minimum absolute atomic E-state index is 0.0131. The van der Waals surface area contributed by atoms with Gasteiger partial charge in [0, 0.05) is 30.9 Å². The minimum Gasteiger partial charge on any atom is -0.462 e. The number of benzene rings is 2. The zero-order valence-electron chi connectivity index (χ0n) is 19.0. The molecule has 4 rings (SSSR count). The Morgan fingerprint density at radius 2 is 2.00 bits per heavy atom. The number of ether oxygens (including phenoxy) is 1. The molecule has 0 spiro atoms. The number of hydrogen-bond donors (Lipinski definition) is 4. The number of aromatic nitrogens is 1. The molecule has 186 valence electrons. The van der Waals surface area contributed by atoms with Gasteiger partial charge in [-0.2, -0.15) is 0 Å². The smallest absolute Gasteiger partial charge is 0.343 e. The molecule has 0 atom stereocenters. The number of carbonyl (C=O) groups is 1. The maximum absolute atomic E-state index is 15.5. The summed E-state index contributed by atoms with van der Waals surface area (Å²) in [6.07, 6.45) is 1.15. The van der Waals surface area contributed by atoms with Crippen LogP contribution in [-0.2, 0) is 11.3 Å². The second-order valence-electron chi connectivity index (χ2n) is 8.13. The Morgan fingerprint density at radius 1 is 1.31 bits per heavy atom. The zero-order valence-corrected chi connectivity index (χ0v) is 19.7. The molecule has 1 saturated heterocycles. The Bertz CT molecular complexity index is 1410. The van der Waals surface area contributed by atoms with Gasteiger partial charge in [0.1, 0.15) is 11.4 Å². The number of rotatable bonds is 6. The SMILES string of the molecule is CCOC(=O)c1cn(-c2cc(N)c(F)cc2CO)c2c(Cl)c(N3CC(NC)C3)c(F)c(N)c2c1=O. The van der Waals surface area contributed by atoms with Gasteiger partial charge < -0.3 is 36.1 Å². The molecule has 1 fully saturated rings. The maximum atomic E-state index is 15.5. The van der Waals surface area contributed by atoms with E-state index in [1.165, 1.54) is 10.6 Å². The molecule has 9 nitrogen and oxygen atoms in total. The van der Waals surface area contributed by atoms with Crippen LogP contribution in [0, 0.1) is 11.6 Å². The van der Waals surface area contributed by atoms with Gasteiger partial charge in [-0.25, -0.2) is 13.6 Å². The molecule has 0 bridgehead atoms. The molecule has 35 heavy (non-hydrogen) atoms. The molecule has 1 aliphatic heterocycles. The van der Waals surface area contributed by atoms with Crippen LogP contribution >= 0.6 is 11.6 Å². The van der Waals surface area contributed by atoms with Crippen molar-refractivity contribution in [3.8, 4) is 5.69 Å².